The van der Waals surface area contributed by atoms with E-state index in [2.05, 4.69) is 4.98 Å². The first-order valence-corrected chi connectivity index (χ1v) is 4.78. The molecule has 2 N–H and O–H groups in total. The van der Waals surface area contributed by atoms with Gasteiger partial charge in [0, 0.05) is 18.1 Å². The van der Waals surface area contributed by atoms with Crippen LogP contribution in [-0.2, 0) is 0 Å². The lowest BCUT2D eigenvalue weighted by Crippen LogP contribution is -1.83. The van der Waals surface area contributed by atoms with E-state index >= 15 is 0 Å². The Morgan fingerprint density at radius 1 is 1.00 bits per heavy atom. The van der Waals surface area contributed by atoms with Gasteiger partial charge in [-0.05, 0) is 29.3 Å². The standard InChI is InChI=1S/C13H12N2/c14-13-5-1-3-11(9-13)6-7-12-4-2-8-15-10-12/h1-10H,14H2. The number of nitrogens with zero attached hydrogens (tertiary/aromatic N) is 1. The molecule has 2 nitrogen and oxygen atoms in total. The lowest BCUT2D eigenvalue weighted by atomic mass is 10.1. The highest BCUT2D eigenvalue weighted by Gasteiger charge is 1.88. The molecular weight excluding hydrogens is 184 g/mol. The molecule has 0 amide bonds. The van der Waals surface area contributed by atoms with Gasteiger partial charge in [-0.15, -0.1) is 0 Å². The Bertz CT molecular complexity index is 461. The fourth-order valence-corrected chi connectivity index (χ4v) is 1.33. The predicted molar refractivity (Wildman–Crippen MR) is 64.0 cm³/mol. The van der Waals surface area contributed by atoms with Crippen molar-refractivity contribution in [2.75, 3.05) is 5.73 Å². The molecule has 2 heteroatoms. The maximum atomic E-state index is 5.68. The molecule has 2 rings (SSSR count). The second-order valence-corrected chi connectivity index (χ2v) is 3.29. The number of benzene rings is 1. The molecule has 0 spiro atoms. The van der Waals surface area contributed by atoms with E-state index in [0.717, 1.165) is 16.8 Å². The quantitative estimate of drug-likeness (QED) is 0.750. The molecule has 0 aliphatic carbocycles. The van der Waals surface area contributed by atoms with Crippen LogP contribution < -0.4 is 5.73 Å². The summed E-state index contributed by atoms with van der Waals surface area (Å²) in [6.07, 6.45) is 7.62. The number of aromatic nitrogens is 1. The highest BCUT2D eigenvalue weighted by atomic mass is 14.6. The third kappa shape index (κ3) is 2.68. The number of nitrogen functional groups attached to an aromatic ring is 1. The SMILES string of the molecule is Nc1cccc(C=Cc2cccnc2)c1. The van der Waals surface area contributed by atoms with Crippen LogP contribution in [0.15, 0.2) is 48.8 Å². The average Bonchev–Trinajstić information content (AvgIpc) is 2.28. The summed E-state index contributed by atoms with van der Waals surface area (Å²) in [5.41, 5.74) is 8.64. The van der Waals surface area contributed by atoms with Crippen LogP contribution in [0, 0.1) is 0 Å². The Labute approximate surface area is 89.1 Å². The van der Waals surface area contributed by atoms with Gasteiger partial charge in [-0.25, -0.2) is 0 Å². The van der Waals surface area contributed by atoms with Crippen molar-refractivity contribution in [3.05, 3.63) is 59.9 Å². The summed E-state index contributed by atoms with van der Waals surface area (Å²) in [6.45, 7) is 0. The highest BCUT2D eigenvalue weighted by Crippen LogP contribution is 2.10. The molecule has 1 aromatic heterocycles. The van der Waals surface area contributed by atoms with Crippen LogP contribution in [0.2, 0.25) is 0 Å². The molecule has 1 heterocycles. The van der Waals surface area contributed by atoms with E-state index in [9.17, 15) is 0 Å². The Morgan fingerprint density at radius 2 is 1.80 bits per heavy atom. The highest BCUT2D eigenvalue weighted by molar-refractivity contribution is 5.70. The smallest absolute Gasteiger partial charge is 0.0340 e. The molecule has 0 radical (unpaired) electrons. The van der Waals surface area contributed by atoms with Gasteiger partial charge in [0.05, 0.1) is 0 Å². The molecule has 0 aliphatic rings. The van der Waals surface area contributed by atoms with Gasteiger partial charge in [-0.3, -0.25) is 4.98 Å². The summed E-state index contributed by atoms with van der Waals surface area (Å²) in [5.74, 6) is 0. The van der Waals surface area contributed by atoms with Gasteiger partial charge in [-0.1, -0.05) is 30.4 Å². The third-order valence-electron chi connectivity index (χ3n) is 2.06. The van der Waals surface area contributed by atoms with Gasteiger partial charge in [0.1, 0.15) is 0 Å². The second kappa shape index (κ2) is 4.42. The predicted octanol–water partition coefficient (Wildman–Crippen LogP) is 2.83. The molecule has 0 atom stereocenters. The van der Waals surface area contributed by atoms with Crippen LogP contribution in [-0.4, -0.2) is 4.98 Å². The Hall–Kier alpha value is -2.09. The van der Waals surface area contributed by atoms with E-state index in [0.29, 0.717) is 0 Å². The molecule has 0 saturated carbocycles. The van der Waals surface area contributed by atoms with E-state index in [4.69, 9.17) is 5.73 Å². The van der Waals surface area contributed by atoms with Gasteiger partial charge in [-0.2, -0.15) is 0 Å². The maximum Gasteiger partial charge on any atom is 0.0340 e. The molecule has 0 fully saturated rings. The summed E-state index contributed by atoms with van der Waals surface area (Å²) < 4.78 is 0. The first-order chi connectivity index (χ1) is 7.34. The lowest BCUT2D eigenvalue weighted by molar-refractivity contribution is 1.32. The number of anilines is 1. The molecule has 0 aliphatic heterocycles. The minimum absolute atomic E-state index is 0.781. The number of hydrogen-bond donors (Lipinski definition) is 1. The van der Waals surface area contributed by atoms with Crippen molar-refractivity contribution in [2.24, 2.45) is 0 Å². The van der Waals surface area contributed by atoms with Gasteiger partial charge < -0.3 is 5.73 Å². The first kappa shape index (κ1) is 9.46. The van der Waals surface area contributed by atoms with Crippen LogP contribution in [0.3, 0.4) is 0 Å². The van der Waals surface area contributed by atoms with Crippen LogP contribution in [0.1, 0.15) is 11.1 Å². The summed E-state index contributed by atoms with van der Waals surface area (Å²) in [4.78, 5) is 4.04. The van der Waals surface area contributed by atoms with Crippen molar-refractivity contribution in [2.45, 2.75) is 0 Å². The van der Waals surface area contributed by atoms with Crippen molar-refractivity contribution in [1.82, 2.24) is 4.98 Å². The largest absolute Gasteiger partial charge is 0.399 e. The molecule has 1 aromatic carbocycles. The number of rotatable bonds is 2. The van der Waals surface area contributed by atoms with Crippen molar-refractivity contribution < 1.29 is 0 Å². The van der Waals surface area contributed by atoms with Gasteiger partial charge >= 0.3 is 0 Å². The molecule has 0 saturated heterocycles. The summed E-state index contributed by atoms with van der Waals surface area (Å²) in [7, 11) is 0. The van der Waals surface area contributed by atoms with Crippen LogP contribution >= 0.6 is 0 Å². The molecule has 0 bridgehead atoms. The summed E-state index contributed by atoms with van der Waals surface area (Å²) >= 11 is 0. The molecular formula is C13H12N2. The van der Waals surface area contributed by atoms with Crippen molar-refractivity contribution >= 4 is 17.8 Å². The maximum absolute atomic E-state index is 5.68. The molecule has 0 unspecified atom stereocenters. The fourth-order valence-electron chi connectivity index (χ4n) is 1.33. The zero-order chi connectivity index (χ0) is 10.5. The van der Waals surface area contributed by atoms with E-state index in [1.807, 2.05) is 54.7 Å². The zero-order valence-corrected chi connectivity index (χ0v) is 8.30. The monoisotopic (exact) mass is 196 g/mol. The van der Waals surface area contributed by atoms with E-state index in [1.165, 1.54) is 0 Å². The summed E-state index contributed by atoms with van der Waals surface area (Å²) in [6, 6.07) is 11.7. The fraction of sp³-hybridized carbons (Fsp3) is 0. The summed E-state index contributed by atoms with van der Waals surface area (Å²) in [5, 5.41) is 0. The number of pyridine rings is 1. The third-order valence-corrected chi connectivity index (χ3v) is 2.06. The topological polar surface area (TPSA) is 38.9 Å². The van der Waals surface area contributed by atoms with Crippen LogP contribution in [0.5, 0.6) is 0 Å². The van der Waals surface area contributed by atoms with Crippen molar-refractivity contribution in [3.63, 3.8) is 0 Å². The van der Waals surface area contributed by atoms with Gasteiger partial charge in [0.25, 0.3) is 0 Å². The number of hydrogen-bond acceptors (Lipinski definition) is 2. The normalized spacial score (nSPS) is 10.7. The number of nitrogens with two attached hydrogens (primary N) is 1. The molecule has 15 heavy (non-hydrogen) atoms. The van der Waals surface area contributed by atoms with Crippen molar-refractivity contribution in [3.8, 4) is 0 Å². The minimum Gasteiger partial charge on any atom is -0.399 e. The Balaban J connectivity index is 2.19. The average molecular weight is 196 g/mol. The van der Waals surface area contributed by atoms with E-state index in [1.54, 1.807) is 6.20 Å². The second-order valence-electron chi connectivity index (χ2n) is 3.29. The zero-order valence-electron chi connectivity index (χ0n) is 8.30. The van der Waals surface area contributed by atoms with E-state index < -0.39 is 0 Å². The van der Waals surface area contributed by atoms with Gasteiger partial charge in [0.15, 0.2) is 0 Å². The Kier molecular flexibility index (Phi) is 2.79. The van der Waals surface area contributed by atoms with Crippen LogP contribution in [0.4, 0.5) is 5.69 Å². The minimum atomic E-state index is 0.781. The first-order valence-electron chi connectivity index (χ1n) is 4.78. The molecule has 2 aromatic rings. The van der Waals surface area contributed by atoms with Crippen molar-refractivity contribution in [1.29, 1.82) is 0 Å². The molecule has 74 valence electrons. The van der Waals surface area contributed by atoms with Gasteiger partial charge in [0.2, 0.25) is 0 Å². The van der Waals surface area contributed by atoms with Crippen LogP contribution in [0.25, 0.3) is 12.2 Å². The Morgan fingerprint density at radius 3 is 2.53 bits per heavy atom. The van der Waals surface area contributed by atoms with E-state index in [-0.39, 0.29) is 0 Å². The lowest BCUT2D eigenvalue weighted by Gasteiger charge is -1.95.